The number of hydrogen-bond donors (Lipinski definition) is 1. The van der Waals surface area contributed by atoms with Gasteiger partial charge in [-0.2, -0.15) is 0 Å². The molecule has 1 saturated heterocycles. The van der Waals surface area contributed by atoms with Gasteiger partial charge in [-0.05, 0) is 65.1 Å². The van der Waals surface area contributed by atoms with Gasteiger partial charge in [0.1, 0.15) is 21.7 Å². The molecule has 1 N–H and O–H groups in total. The third-order valence-electron chi connectivity index (χ3n) is 5.24. The summed E-state index contributed by atoms with van der Waals surface area (Å²) in [7, 11) is 3.81. The van der Waals surface area contributed by atoms with Gasteiger partial charge in [0.25, 0.3) is 5.56 Å². The first-order chi connectivity index (χ1) is 13.5. The number of benzene rings is 1. The monoisotopic (exact) mass is 442 g/mol. The van der Waals surface area contributed by atoms with Crippen LogP contribution >= 0.6 is 15.9 Å². The first-order valence-corrected chi connectivity index (χ1v) is 10.1. The lowest BCUT2D eigenvalue weighted by Gasteiger charge is -2.36. The van der Waals surface area contributed by atoms with Crippen LogP contribution in [0.5, 0.6) is 5.75 Å². The van der Waals surface area contributed by atoms with Crippen LogP contribution < -0.4 is 15.6 Å². The minimum absolute atomic E-state index is 0.107. The minimum atomic E-state index is -0.107. The van der Waals surface area contributed by atoms with Crippen LogP contribution in [0.2, 0.25) is 0 Å². The lowest BCUT2D eigenvalue weighted by Crippen LogP contribution is -2.43. The highest BCUT2D eigenvalue weighted by Crippen LogP contribution is 2.30. The summed E-state index contributed by atoms with van der Waals surface area (Å²) in [5.74, 6) is 1.87. The lowest BCUT2D eigenvalue weighted by atomic mass is 9.88. The third kappa shape index (κ3) is 3.77. The molecule has 0 bridgehead atoms. The zero-order chi connectivity index (χ0) is 19.7. The van der Waals surface area contributed by atoms with Crippen LogP contribution in [0, 0.1) is 0 Å². The molecule has 1 aliphatic rings. The van der Waals surface area contributed by atoms with Crippen molar-refractivity contribution in [2.45, 2.75) is 18.4 Å². The zero-order valence-corrected chi connectivity index (χ0v) is 17.5. The largest absolute Gasteiger partial charge is 0.497 e. The van der Waals surface area contributed by atoms with Crippen molar-refractivity contribution < 1.29 is 4.74 Å². The van der Waals surface area contributed by atoms with E-state index in [0.29, 0.717) is 21.9 Å². The van der Waals surface area contributed by atoms with E-state index in [1.807, 2.05) is 30.3 Å². The Labute approximate surface area is 172 Å². The molecule has 7 heteroatoms. The van der Waals surface area contributed by atoms with E-state index in [9.17, 15) is 4.79 Å². The van der Waals surface area contributed by atoms with Crippen molar-refractivity contribution in [2.24, 2.45) is 0 Å². The number of anilines is 1. The fraction of sp³-hybridized carbons (Fsp3) is 0.333. The lowest BCUT2D eigenvalue weighted by molar-refractivity contribution is 0.235. The van der Waals surface area contributed by atoms with Gasteiger partial charge in [0, 0.05) is 25.3 Å². The summed E-state index contributed by atoms with van der Waals surface area (Å²) in [5, 5.41) is 3.50. The minimum Gasteiger partial charge on any atom is -0.497 e. The van der Waals surface area contributed by atoms with Gasteiger partial charge >= 0.3 is 0 Å². The maximum Gasteiger partial charge on any atom is 0.274 e. The van der Waals surface area contributed by atoms with Crippen LogP contribution in [0.4, 0.5) is 5.82 Å². The highest BCUT2D eigenvalue weighted by atomic mass is 79.9. The summed E-state index contributed by atoms with van der Waals surface area (Å²) in [6, 6.07) is 14.0. The molecular formula is C21H23BrN4O2. The number of piperidine rings is 1. The van der Waals surface area contributed by atoms with Crippen molar-refractivity contribution in [1.82, 2.24) is 14.3 Å². The number of ether oxygens (including phenoxy) is 1. The molecule has 0 radical (unpaired) electrons. The summed E-state index contributed by atoms with van der Waals surface area (Å²) >= 11 is 3.43. The van der Waals surface area contributed by atoms with E-state index in [2.05, 4.69) is 50.3 Å². The Morgan fingerprint density at radius 3 is 2.71 bits per heavy atom. The molecule has 1 fully saturated rings. The second-order valence-electron chi connectivity index (χ2n) is 7.28. The average molecular weight is 443 g/mol. The fourth-order valence-corrected chi connectivity index (χ4v) is 4.29. The summed E-state index contributed by atoms with van der Waals surface area (Å²) in [6.07, 6.45) is 2.70. The number of methoxy groups -OCH3 is 1. The number of nitrogens with one attached hydrogen (secondary N) is 1. The van der Waals surface area contributed by atoms with Gasteiger partial charge in [-0.15, -0.1) is 0 Å². The number of aromatic nitrogens is 2. The van der Waals surface area contributed by atoms with E-state index >= 15 is 0 Å². The molecule has 1 aliphatic heterocycles. The van der Waals surface area contributed by atoms with Crippen molar-refractivity contribution in [3.63, 3.8) is 0 Å². The molecule has 0 spiro atoms. The number of likely N-dealkylation sites (tertiary alicyclic amines) is 1. The molecule has 2 aromatic heterocycles. The van der Waals surface area contributed by atoms with Gasteiger partial charge in [0.15, 0.2) is 0 Å². The van der Waals surface area contributed by atoms with E-state index in [1.165, 1.54) is 5.56 Å². The summed E-state index contributed by atoms with van der Waals surface area (Å²) < 4.78 is 7.28. The van der Waals surface area contributed by atoms with Crippen LogP contribution in [0.25, 0.3) is 5.65 Å². The highest BCUT2D eigenvalue weighted by Gasteiger charge is 2.27. The summed E-state index contributed by atoms with van der Waals surface area (Å²) in [5.41, 5.74) is 1.82. The fourth-order valence-electron chi connectivity index (χ4n) is 3.90. The summed E-state index contributed by atoms with van der Waals surface area (Å²) in [4.78, 5) is 19.6. The molecule has 0 amide bonds. The van der Waals surface area contributed by atoms with Gasteiger partial charge in [-0.3, -0.25) is 9.20 Å². The Bertz CT molecular complexity index is 1030. The average Bonchev–Trinajstić information content (AvgIpc) is 2.71. The van der Waals surface area contributed by atoms with Crippen molar-refractivity contribution >= 4 is 27.4 Å². The normalized spacial score (nSPS) is 20.2. The topological polar surface area (TPSA) is 58.9 Å². The van der Waals surface area contributed by atoms with Crippen LogP contribution in [0.1, 0.15) is 17.9 Å². The molecule has 0 saturated carbocycles. The molecule has 146 valence electrons. The second-order valence-corrected chi connectivity index (χ2v) is 8.07. The number of fused-ring (bicyclic) bond motifs is 1. The number of rotatable bonds is 4. The Morgan fingerprint density at radius 1 is 1.18 bits per heavy atom. The molecule has 4 rings (SSSR count). The van der Waals surface area contributed by atoms with Gasteiger partial charge in [-0.1, -0.05) is 18.2 Å². The number of hydrogen-bond acceptors (Lipinski definition) is 5. The van der Waals surface area contributed by atoms with E-state index < -0.39 is 0 Å². The van der Waals surface area contributed by atoms with Crippen molar-refractivity contribution in [3.05, 3.63) is 69.1 Å². The SMILES string of the molecule is COc1ccc([C@H]2C[C@@H](Nc3nc4ccccn4c(=O)c3Br)CN(C)C2)cc1. The molecule has 2 atom stereocenters. The Morgan fingerprint density at radius 2 is 1.96 bits per heavy atom. The van der Waals surface area contributed by atoms with Crippen LogP contribution in [0.3, 0.4) is 0 Å². The van der Waals surface area contributed by atoms with Crippen LogP contribution in [-0.2, 0) is 0 Å². The Balaban J connectivity index is 1.58. The molecule has 28 heavy (non-hydrogen) atoms. The third-order valence-corrected chi connectivity index (χ3v) is 5.96. The van der Waals surface area contributed by atoms with E-state index in [4.69, 9.17) is 4.74 Å². The Kier molecular flexibility index (Phi) is 5.37. The number of halogens is 1. The first kappa shape index (κ1) is 19.0. The molecule has 0 unspecified atom stereocenters. The van der Waals surface area contributed by atoms with Gasteiger partial charge in [0.05, 0.1) is 7.11 Å². The predicted octanol–water partition coefficient (Wildman–Crippen LogP) is 3.37. The van der Waals surface area contributed by atoms with E-state index in [1.54, 1.807) is 17.7 Å². The number of nitrogens with zero attached hydrogens (tertiary/aromatic N) is 3. The quantitative estimate of drug-likeness (QED) is 0.670. The molecule has 6 nitrogen and oxygen atoms in total. The molecular weight excluding hydrogens is 420 g/mol. The highest BCUT2D eigenvalue weighted by molar-refractivity contribution is 9.10. The first-order valence-electron chi connectivity index (χ1n) is 9.31. The molecule has 1 aromatic carbocycles. The van der Waals surface area contributed by atoms with E-state index in [-0.39, 0.29) is 11.6 Å². The Hall–Kier alpha value is -2.38. The number of pyridine rings is 1. The molecule has 3 aromatic rings. The van der Waals surface area contributed by atoms with Crippen LogP contribution in [-0.4, -0.2) is 47.6 Å². The smallest absolute Gasteiger partial charge is 0.274 e. The van der Waals surface area contributed by atoms with Crippen molar-refractivity contribution in [3.8, 4) is 5.75 Å². The van der Waals surface area contributed by atoms with Crippen molar-refractivity contribution in [2.75, 3.05) is 32.6 Å². The maximum atomic E-state index is 12.6. The number of likely N-dealkylation sites (N-methyl/N-ethyl adjacent to an activating group) is 1. The maximum absolute atomic E-state index is 12.6. The molecule has 0 aliphatic carbocycles. The predicted molar refractivity (Wildman–Crippen MR) is 114 cm³/mol. The van der Waals surface area contributed by atoms with Gasteiger partial charge < -0.3 is 15.0 Å². The van der Waals surface area contributed by atoms with Gasteiger partial charge in [-0.25, -0.2) is 4.98 Å². The zero-order valence-electron chi connectivity index (χ0n) is 15.9. The van der Waals surface area contributed by atoms with Gasteiger partial charge in [0.2, 0.25) is 0 Å². The standard InChI is InChI=1S/C21H23BrN4O2/c1-25-12-15(14-6-8-17(28-2)9-7-14)11-16(13-25)23-20-19(22)21(27)26-10-4-3-5-18(26)24-20/h3-10,15-16,23H,11-13H2,1-2H3/t15-,16+/m0/s1. The van der Waals surface area contributed by atoms with Crippen molar-refractivity contribution in [1.29, 1.82) is 0 Å². The molecule has 3 heterocycles. The van der Waals surface area contributed by atoms with Crippen LogP contribution in [0.15, 0.2) is 57.9 Å². The second kappa shape index (κ2) is 7.93. The summed E-state index contributed by atoms with van der Waals surface area (Å²) in [6.45, 7) is 1.90. The van der Waals surface area contributed by atoms with E-state index in [0.717, 1.165) is 25.3 Å².